The topological polar surface area (TPSA) is 66.5 Å². The number of nitrogens with one attached hydrogen (secondary N) is 1. The Balaban J connectivity index is 2.07. The fourth-order valence-corrected chi connectivity index (χ4v) is 4.69. The van der Waals surface area contributed by atoms with E-state index in [0.29, 0.717) is 29.5 Å². The van der Waals surface area contributed by atoms with Gasteiger partial charge in [0.2, 0.25) is 10.0 Å². The summed E-state index contributed by atoms with van der Waals surface area (Å²) in [4.78, 5) is 13.3. The molecular weight excluding hydrogens is 368 g/mol. The summed E-state index contributed by atoms with van der Waals surface area (Å²) in [6.07, 6.45) is 0. The van der Waals surface area contributed by atoms with Crippen LogP contribution in [-0.4, -0.2) is 31.7 Å². The second kappa shape index (κ2) is 8.11. The molecule has 0 aliphatic carbocycles. The average Bonchev–Trinajstić information content (AvgIpc) is 2.99. The van der Waals surface area contributed by atoms with Crippen LogP contribution >= 0.6 is 22.9 Å². The first-order valence-corrected chi connectivity index (χ1v) is 10.1. The van der Waals surface area contributed by atoms with Gasteiger partial charge in [-0.1, -0.05) is 25.4 Å². The average molecular weight is 387 g/mol. The lowest BCUT2D eigenvalue weighted by Crippen LogP contribution is -2.30. The number of carbonyl (C=O) groups excluding carboxylic acids is 1. The van der Waals surface area contributed by atoms with Crippen LogP contribution in [0.4, 0.5) is 0 Å². The molecule has 0 bridgehead atoms. The van der Waals surface area contributed by atoms with Gasteiger partial charge < -0.3 is 5.32 Å². The third kappa shape index (κ3) is 4.36. The summed E-state index contributed by atoms with van der Waals surface area (Å²) in [6.45, 7) is 4.78. The second-order valence-electron chi connectivity index (χ2n) is 5.00. The van der Waals surface area contributed by atoms with E-state index in [4.69, 9.17) is 11.6 Å². The lowest BCUT2D eigenvalue weighted by molar-refractivity contribution is 0.0951. The highest BCUT2D eigenvalue weighted by Crippen LogP contribution is 2.21. The number of carbonyl (C=O) groups is 1. The molecule has 1 amide bonds. The highest BCUT2D eigenvalue weighted by atomic mass is 35.5. The van der Waals surface area contributed by atoms with Gasteiger partial charge in [-0.3, -0.25) is 4.79 Å². The van der Waals surface area contributed by atoms with Crippen molar-refractivity contribution in [2.45, 2.75) is 25.3 Å². The number of nitrogens with zero attached hydrogens (tertiary/aromatic N) is 1. The van der Waals surface area contributed by atoms with Crippen LogP contribution in [0.25, 0.3) is 0 Å². The second-order valence-corrected chi connectivity index (χ2v) is 8.74. The van der Waals surface area contributed by atoms with Crippen molar-refractivity contribution in [2.24, 2.45) is 0 Å². The molecule has 0 saturated heterocycles. The minimum Gasteiger partial charge on any atom is -0.347 e. The van der Waals surface area contributed by atoms with Crippen molar-refractivity contribution < 1.29 is 13.2 Å². The molecule has 0 radical (unpaired) electrons. The minimum absolute atomic E-state index is 0.188. The Hall–Kier alpha value is -1.41. The molecular formula is C16H19ClN2O3S2. The van der Waals surface area contributed by atoms with Crippen LogP contribution in [-0.2, 0) is 16.6 Å². The van der Waals surface area contributed by atoms with E-state index in [-0.39, 0.29) is 10.8 Å². The molecule has 0 aliphatic rings. The van der Waals surface area contributed by atoms with Gasteiger partial charge in [0.1, 0.15) is 0 Å². The van der Waals surface area contributed by atoms with Gasteiger partial charge in [-0.2, -0.15) is 4.31 Å². The number of sulfonamides is 1. The summed E-state index contributed by atoms with van der Waals surface area (Å²) in [7, 11) is -3.51. The van der Waals surface area contributed by atoms with Crippen LogP contribution < -0.4 is 5.32 Å². The molecule has 0 saturated carbocycles. The van der Waals surface area contributed by atoms with Gasteiger partial charge in [0.25, 0.3) is 5.91 Å². The molecule has 2 aromatic rings. The largest absolute Gasteiger partial charge is 0.347 e. The number of rotatable bonds is 7. The van der Waals surface area contributed by atoms with Gasteiger partial charge in [0.05, 0.1) is 15.8 Å². The van der Waals surface area contributed by atoms with Gasteiger partial charge in [0, 0.05) is 23.5 Å². The zero-order chi connectivity index (χ0) is 17.7. The molecule has 0 spiro atoms. The van der Waals surface area contributed by atoms with Crippen LogP contribution in [0.2, 0.25) is 4.34 Å². The number of amides is 1. The highest BCUT2D eigenvalue weighted by Gasteiger charge is 2.21. The quantitative estimate of drug-likeness (QED) is 0.793. The maximum absolute atomic E-state index is 12.4. The van der Waals surface area contributed by atoms with Crippen molar-refractivity contribution in [1.82, 2.24) is 9.62 Å². The molecule has 24 heavy (non-hydrogen) atoms. The Kier molecular flexibility index (Phi) is 6.40. The predicted molar refractivity (Wildman–Crippen MR) is 97.0 cm³/mol. The van der Waals surface area contributed by atoms with Gasteiger partial charge >= 0.3 is 0 Å². The Bertz CT molecular complexity index is 797. The molecule has 130 valence electrons. The first kappa shape index (κ1) is 18.9. The van der Waals surface area contributed by atoms with Gasteiger partial charge in [-0.25, -0.2) is 8.42 Å². The summed E-state index contributed by atoms with van der Waals surface area (Å²) < 4.78 is 26.9. The molecule has 1 heterocycles. The zero-order valence-electron chi connectivity index (χ0n) is 13.5. The summed E-state index contributed by atoms with van der Waals surface area (Å²) >= 11 is 7.25. The van der Waals surface area contributed by atoms with Crippen LogP contribution in [0.5, 0.6) is 0 Å². The van der Waals surface area contributed by atoms with Gasteiger partial charge in [-0.15, -0.1) is 11.3 Å². The first-order chi connectivity index (χ1) is 11.4. The molecule has 0 unspecified atom stereocenters. The number of hydrogen-bond donors (Lipinski definition) is 1. The van der Waals surface area contributed by atoms with Crippen LogP contribution in [0.3, 0.4) is 0 Å². The van der Waals surface area contributed by atoms with E-state index in [9.17, 15) is 13.2 Å². The molecule has 0 fully saturated rings. The van der Waals surface area contributed by atoms with Crippen molar-refractivity contribution in [1.29, 1.82) is 0 Å². The van der Waals surface area contributed by atoms with E-state index >= 15 is 0 Å². The van der Waals surface area contributed by atoms with Crippen molar-refractivity contribution in [3.05, 3.63) is 51.2 Å². The number of hydrogen-bond acceptors (Lipinski definition) is 4. The van der Waals surface area contributed by atoms with E-state index < -0.39 is 10.0 Å². The summed E-state index contributed by atoms with van der Waals surface area (Å²) in [5.41, 5.74) is 0.413. The smallest absolute Gasteiger partial charge is 0.251 e. The lowest BCUT2D eigenvalue weighted by Gasteiger charge is -2.18. The third-order valence-corrected chi connectivity index (χ3v) is 6.81. The van der Waals surface area contributed by atoms with Crippen LogP contribution in [0, 0.1) is 0 Å². The highest BCUT2D eigenvalue weighted by molar-refractivity contribution is 7.89. The molecule has 8 heteroatoms. The van der Waals surface area contributed by atoms with Crippen molar-refractivity contribution >= 4 is 38.9 Å². The van der Waals surface area contributed by atoms with Crippen molar-refractivity contribution in [2.75, 3.05) is 13.1 Å². The Morgan fingerprint density at radius 1 is 1.12 bits per heavy atom. The zero-order valence-corrected chi connectivity index (χ0v) is 15.8. The van der Waals surface area contributed by atoms with Crippen molar-refractivity contribution in [3.8, 4) is 0 Å². The molecule has 1 aromatic heterocycles. The van der Waals surface area contributed by atoms with E-state index in [1.54, 1.807) is 19.9 Å². The molecule has 5 nitrogen and oxygen atoms in total. The van der Waals surface area contributed by atoms with Crippen LogP contribution in [0.1, 0.15) is 29.1 Å². The fourth-order valence-electron chi connectivity index (χ4n) is 2.21. The Morgan fingerprint density at radius 3 is 2.25 bits per heavy atom. The Morgan fingerprint density at radius 2 is 1.75 bits per heavy atom. The maximum Gasteiger partial charge on any atom is 0.251 e. The fraction of sp³-hybridized carbons (Fsp3) is 0.312. The molecule has 0 aliphatic heterocycles. The van der Waals surface area contributed by atoms with E-state index in [1.165, 1.54) is 39.9 Å². The summed E-state index contributed by atoms with van der Waals surface area (Å²) in [5, 5.41) is 2.78. The number of benzene rings is 1. The number of halogens is 1. The normalized spacial score (nSPS) is 11.7. The molecule has 1 N–H and O–H groups in total. The van der Waals surface area contributed by atoms with Crippen LogP contribution in [0.15, 0.2) is 41.3 Å². The monoisotopic (exact) mass is 386 g/mol. The number of thiophene rings is 1. The maximum atomic E-state index is 12.4. The minimum atomic E-state index is -3.51. The third-order valence-electron chi connectivity index (χ3n) is 3.51. The van der Waals surface area contributed by atoms with E-state index in [0.717, 1.165) is 4.88 Å². The molecule has 0 atom stereocenters. The van der Waals surface area contributed by atoms with Crippen molar-refractivity contribution in [3.63, 3.8) is 0 Å². The predicted octanol–water partition coefficient (Wildman–Crippen LogP) is 3.36. The molecule has 2 rings (SSSR count). The Labute approximate surface area is 151 Å². The van der Waals surface area contributed by atoms with Gasteiger partial charge in [-0.05, 0) is 36.4 Å². The van der Waals surface area contributed by atoms with E-state index in [2.05, 4.69) is 5.32 Å². The summed E-state index contributed by atoms with van der Waals surface area (Å²) in [5.74, 6) is -0.258. The molecule has 1 aromatic carbocycles. The van der Waals surface area contributed by atoms with Gasteiger partial charge in [0.15, 0.2) is 0 Å². The summed E-state index contributed by atoms with van der Waals surface area (Å²) in [6, 6.07) is 9.60. The first-order valence-electron chi connectivity index (χ1n) is 7.51. The lowest BCUT2D eigenvalue weighted by atomic mass is 10.2. The SMILES string of the molecule is CCN(CC)S(=O)(=O)c1ccc(C(=O)NCc2ccc(Cl)s2)cc1. The van der Waals surface area contributed by atoms with E-state index in [1.807, 2.05) is 6.07 Å². The standard InChI is InChI=1S/C16H19ClN2O3S2/c1-3-19(4-2)24(21,22)14-8-5-12(6-9-14)16(20)18-11-13-7-10-15(17)23-13/h5-10H,3-4,11H2,1-2H3,(H,18,20).